The molecule has 0 atom stereocenters. The maximum Gasteiger partial charge on any atom is 0.425 e. The van der Waals surface area contributed by atoms with E-state index in [1.165, 1.54) is 18.0 Å². The molecule has 4 aromatic rings. The fraction of sp³-hybridized carbons (Fsp3) is 0.214. The molecular weight excluding hydrogens is 588 g/mol. The highest BCUT2D eigenvalue weighted by Crippen LogP contribution is 2.36. The summed E-state index contributed by atoms with van der Waals surface area (Å²) < 4.78 is 69.1. The van der Waals surface area contributed by atoms with Crippen molar-refractivity contribution in [2.24, 2.45) is 0 Å². The normalized spacial score (nSPS) is 10.5. The van der Waals surface area contributed by atoms with Crippen LogP contribution in [0.3, 0.4) is 0 Å². The maximum atomic E-state index is 12.7. The van der Waals surface area contributed by atoms with E-state index in [4.69, 9.17) is 40.6 Å². The molecule has 0 amide bonds. The van der Waals surface area contributed by atoms with Crippen LogP contribution in [0.4, 0.5) is 13.2 Å². The molecule has 3 aromatic carbocycles. The lowest BCUT2D eigenvalue weighted by Crippen LogP contribution is -2.04. The molecule has 0 bridgehead atoms. The molecule has 12 heteroatoms. The van der Waals surface area contributed by atoms with Crippen LogP contribution in [0.1, 0.15) is 34.5 Å². The molecule has 0 N–H and O–H groups in total. The highest BCUT2D eigenvalue weighted by atomic mass is 35.5. The zero-order valence-corrected chi connectivity index (χ0v) is 23.8. The fourth-order valence-corrected chi connectivity index (χ4v) is 3.70. The number of halogens is 5. The van der Waals surface area contributed by atoms with Crippen LogP contribution >= 0.6 is 23.2 Å². The van der Waals surface area contributed by atoms with Gasteiger partial charge in [0.25, 0.3) is 0 Å². The Kier molecular flexibility index (Phi) is 13.1. The van der Waals surface area contributed by atoms with E-state index < -0.39 is 22.3 Å². The summed E-state index contributed by atoms with van der Waals surface area (Å²) in [5.41, 5.74) is 3.20. The van der Waals surface area contributed by atoms with Gasteiger partial charge in [0.15, 0.2) is 0 Å². The average molecular weight is 613 g/mol. The van der Waals surface area contributed by atoms with Gasteiger partial charge in [-0.3, -0.25) is 0 Å². The number of hydrogen-bond acceptors (Lipinski definition) is 6. The lowest BCUT2D eigenvalue weighted by molar-refractivity contribution is -0.137. The zero-order valence-electron chi connectivity index (χ0n) is 21.5. The van der Waals surface area contributed by atoms with Crippen LogP contribution in [0.5, 0.6) is 11.5 Å². The smallest absolute Gasteiger partial charge is 0.425 e. The first kappa shape index (κ1) is 32.7. The van der Waals surface area contributed by atoms with Crippen LogP contribution in [0.15, 0.2) is 79.1 Å². The predicted octanol–water partition coefficient (Wildman–Crippen LogP) is 8.07. The Morgan fingerprint density at radius 2 is 1.48 bits per heavy atom. The van der Waals surface area contributed by atoms with Crippen molar-refractivity contribution in [3.8, 4) is 11.5 Å². The van der Waals surface area contributed by atoms with Crippen LogP contribution in [0.25, 0.3) is 0 Å². The Hall–Kier alpha value is -3.47. The summed E-state index contributed by atoms with van der Waals surface area (Å²) in [5, 5.41) is 0.505. The van der Waals surface area contributed by atoms with Gasteiger partial charge in [-0.1, -0.05) is 71.2 Å². The molecule has 0 saturated heterocycles. The monoisotopic (exact) mass is 612 g/mol. The number of hydrogen-bond donors (Lipinski definition) is 0. The van der Waals surface area contributed by atoms with Crippen molar-refractivity contribution in [1.82, 2.24) is 9.97 Å². The first-order valence-corrected chi connectivity index (χ1v) is 13.5. The standard InChI is InChI=1S/C21H17Cl2F3N2O.C7H8.O3S/c1-13-20(23)18(28-12-27-13)4-2-3-14-5-8-16(9-6-14)29-19-10-7-15(11-17(19)22)21(24,25)26;1-7-5-3-2-4-6-7;1-4(2)3/h5-12H,2-4H2,1H3;2-6H,1H3;. The lowest BCUT2D eigenvalue weighted by Gasteiger charge is -2.11. The molecule has 0 radical (unpaired) electrons. The van der Waals surface area contributed by atoms with Gasteiger partial charge in [-0.25, -0.2) is 9.97 Å². The Labute approximate surface area is 241 Å². The molecule has 0 aliphatic heterocycles. The minimum atomic E-state index is -4.45. The van der Waals surface area contributed by atoms with Crippen molar-refractivity contribution < 1.29 is 30.5 Å². The summed E-state index contributed by atoms with van der Waals surface area (Å²) in [6, 6.07) is 20.6. The highest BCUT2D eigenvalue weighted by molar-refractivity contribution is 7.59. The number of nitrogens with zero attached hydrogens (tertiary/aromatic N) is 2. The van der Waals surface area contributed by atoms with Crippen molar-refractivity contribution in [3.05, 3.63) is 117 Å². The maximum absolute atomic E-state index is 12.7. The summed E-state index contributed by atoms with van der Waals surface area (Å²) in [4.78, 5) is 8.27. The molecule has 0 unspecified atom stereocenters. The molecular formula is C28H25Cl2F3N2O4S. The van der Waals surface area contributed by atoms with E-state index in [2.05, 4.69) is 29.0 Å². The Morgan fingerprint density at radius 1 is 0.850 bits per heavy atom. The molecule has 1 aromatic heterocycles. The summed E-state index contributed by atoms with van der Waals surface area (Å²) in [7, 11) is -3.11. The fourth-order valence-electron chi connectivity index (χ4n) is 3.29. The SMILES string of the molecule is Cc1ccccc1.Cc1ncnc(CCCc2ccc(Oc3ccc(C(F)(F)F)cc3Cl)cc2)c1Cl.O=S(=O)=O. The second kappa shape index (κ2) is 16.0. The molecule has 0 saturated carbocycles. The molecule has 40 heavy (non-hydrogen) atoms. The van der Waals surface area contributed by atoms with E-state index in [-0.39, 0.29) is 10.8 Å². The van der Waals surface area contributed by atoms with Crippen LogP contribution in [0, 0.1) is 13.8 Å². The molecule has 0 fully saturated rings. The molecule has 6 nitrogen and oxygen atoms in total. The molecule has 212 valence electrons. The Morgan fingerprint density at radius 3 is 2.00 bits per heavy atom. The van der Waals surface area contributed by atoms with E-state index in [9.17, 15) is 13.2 Å². The quantitative estimate of drug-likeness (QED) is 0.219. The topological polar surface area (TPSA) is 86.2 Å². The van der Waals surface area contributed by atoms with Gasteiger partial charge in [0.1, 0.15) is 17.8 Å². The second-order valence-electron chi connectivity index (χ2n) is 8.32. The van der Waals surface area contributed by atoms with Gasteiger partial charge in [0, 0.05) is 0 Å². The number of aryl methyl sites for hydroxylation is 4. The van der Waals surface area contributed by atoms with Gasteiger partial charge in [-0.05, 0) is 69.0 Å². The largest absolute Gasteiger partial charge is 0.456 e. The third-order valence-electron chi connectivity index (χ3n) is 5.27. The van der Waals surface area contributed by atoms with Crippen LogP contribution < -0.4 is 4.74 Å². The van der Waals surface area contributed by atoms with Gasteiger partial charge in [-0.15, -0.1) is 12.6 Å². The van der Waals surface area contributed by atoms with Gasteiger partial charge in [0.05, 0.1) is 27.0 Å². The van der Waals surface area contributed by atoms with Crippen LogP contribution in [-0.2, 0) is 29.6 Å². The summed E-state index contributed by atoms with van der Waals surface area (Å²) in [6.45, 7) is 3.93. The first-order valence-electron chi connectivity index (χ1n) is 11.7. The van der Waals surface area contributed by atoms with E-state index >= 15 is 0 Å². The number of alkyl halides is 3. The highest BCUT2D eigenvalue weighted by Gasteiger charge is 2.31. The average Bonchev–Trinajstić information content (AvgIpc) is 2.89. The summed E-state index contributed by atoms with van der Waals surface area (Å²) in [5.74, 6) is 0.658. The minimum absolute atomic E-state index is 0.0964. The van der Waals surface area contributed by atoms with Crippen molar-refractivity contribution >= 4 is 33.8 Å². The molecule has 4 rings (SSSR count). The molecule has 0 spiro atoms. The van der Waals surface area contributed by atoms with Crippen molar-refractivity contribution in [2.75, 3.05) is 0 Å². The van der Waals surface area contributed by atoms with E-state index in [0.29, 0.717) is 10.8 Å². The van der Waals surface area contributed by atoms with Crippen LogP contribution in [0.2, 0.25) is 10.0 Å². The first-order chi connectivity index (χ1) is 18.9. The molecule has 1 heterocycles. The predicted molar refractivity (Wildman–Crippen MR) is 148 cm³/mol. The van der Waals surface area contributed by atoms with Crippen molar-refractivity contribution in [2.45, 2.75) is 39.3 Å². The van der Waals surface area contributed by atoms with E-state index in [1.807, 2.05) is 37.3 Å². The third kappa shape index (κ3) is 11.7. The summed E-state index contributed by atoms with van der Waals surface area (Å²) >= 11 is 12.1. The van der Waals surface area contributed by atoms with Crippen molar-refractivity contribution in [1.29, 1.82) is 0 Å². The summed E-state index contributed by atoms with van der Waals surface area (Å²) in [6.07, 6.45) is -0.517. The van der Waals surface area contributed by atoms with Crippen molar-refractivity contribution in [3.63, 3.8) is 0 Å². The zero-order chi connectivity index (χ0) is 29.7. The Bertz CT molecular complexity index is 1480. The lowest BCUT2D eigenvalue weighted by atomic mass is 10.1. The van der Waals surface area contributed by atoms with E-state index in [1.54, 1.807) is 12.1 Å². The Balaban J connectivity index is 0.000000426. The van der Waals surface area contributed by atoms with E-state index in [0.717, 1.165) is 48.3 Å². The number of ether oxygens (including phenoxy) is 1. The second-order valence-corrected chi connectivity index (χ2v) is 9.51. The minimum Gasteiger partial charge on any atom is -0.456 e. The number of aromatic nitrogens is 2. The number of benzene rings is 3. The molecule has 0 aliphatic carbocycles. The number of rotatable bonds is 6. The molecule has 0 aliphatic rings. The van der Waals surface area contributed by atoms with Gasteiger partial charge >= 0.3 is 16.8 Å². The van der Waals surface area contributed by atoms with Gasteiger partial charge < -0.3 is 4.74 Å². The van der Waals surface area contributed by atoms with Gasteiger partial charge in [0.2, 0.25) is 0 Å². The third-order valence-corrected chi connectivity index (χ3v) is 6.05. The van der Waals surface area contributed by atoms with Crippen LogP contribution in [-0.4, -0.2) is 22.6 Å². The van der Waals surface area contributed by atoms with Gasteiger partial charge in [-0.2, -0.15) is 13.2 Å².